The SMILES string of the molecule is COc1ccc(Cn2c(=O)n3n(c2=O)C2CC3[C@H]3c4ccccc4/C(=C\C(=O)c4ccccc4)[C@@H]23)cc1. The second kappa shape index (κ2) is 8.06. The van der Waals surface area contributed by atoms with Crippen molar-refractivity contribution in [3.8, 4) is 5.75 Å². The maximum atomic E-state index is 13.6. The van der Waals surface area contributed by atoms with E-state index in [1.807, 2.05) is 66.7 Å². The van der Waals surface area contributed by atoms with E-state index in [9.17, 15) is 14.4 Å². The van der Waals surface area contributed by atoms with E-state index in [2.05, 4.69) is 12.1 Å². The Morgan fingerprint density at radius 3 is 2.22 bits per heavy atom. The largest absolute Gasteiger partial charge is 0.497 e. The summed E-state index contributed by atoms with van der Waals surface area (Å²) in [5.41, 5.74) is 4.10. The van der Waals surface area contributed by atoms with Crippen molar-refractivity contribution in [3.05, 3.63) is 128 Å². The average molecular weight is 492 g/mol. The van der Waals surface area contributed by atoms with E-state index in [4.69, 9.17) is 4.74 Å². The molecule has 7 heteroatoms. The molecule has 3 aliphatic rings. The summed E-state index contributed by atoms with van der Waals surface area (Å²) in [5.74, 6) is 0.714. The van der Waals surface area contributed by atoms with Crippen molar-refractivity contribution in [1.29, 1.82) is 0 Å². The first kappa shape index (κ1) is 21.9. The number of methoxy groups -OCH3 is 1. The van der Waals surface area contributed by atoms with E-state index in [0.29, 0.717) is 12.0 Å². The molecule has 1 saturated carbocycles. The summed E-state index contributed by atoms with van der Waals surface area (Å²) in [4.78, 5) is 40.4. The summed E-state index contributed by atoms with van der Waals surface area (Å²) < 4.78 is 9.88. The molecule has 2 heterocycles. The van der Waals surface area contributed by atoms with Crippen LogP contribution in [0.25, 0.3) is 5.57 Å². The second-order valence-corrected chi connectivity index (χ2v) is 10.0. The van der Waals surface area contributed by atoms with E-state index in [1.54, 1.807) is 22.5 Å². The van der Waals surface area contributed by atoms with Gasteiger partial charge >= 0.3 is 11.4 Å². The van der Waals surface area contributed by atoms with Gasteiger partial charge in [0, 0.05) is 17.4 Å². The highest BCUT2D eigenvalue weighted by atomic mass is 16.5. The van der Waals surface area contributed by atoms with Crippen LogP contribution in [-0.4, -0.2) is 26.8 Å². The van der Waals surface area contributed by atoms with Crippen LogP contribution in [0.15, 0.2) is 94.5 Å². The molecule has 1 aromatic heterocycles. The van der Waals surface area contributed by atoms with Crippen molar-refractivity contribution in [3.63, 3.8) is 0 Å². The van der Waals surface area contributed by atoms with Crippen molar-refractivity contribution in [2.75, 3.05) is 7.11 Å². The summed E-state index contributed by atoms with van der Waals surface area (Å²) in [6, 6.07) is 24.5. The number of fused-ring (bicyclic) bond motifs is 10. The first-order chi connectivity index (χ1) is 18.1. The summed E-state index contributed by atoms with van der Waals surface area (Å²) in [7, 11) is 1.60. The Morgan fingerprint density at radius 1 is 0.865 bits per heavy atom. The van der Waals surface area contributed by atoms with Gasteiger partial charge in [-0.3, -0.25) is 4.79 Å². The van der Waals surface area contributed by atoms with Crippen LogP contribution in [0.4, 0.5) is 0 Å². The van der Waals surface area contributed by atoms with E-state index in [1.165, 1.54) is 4.57 Å². The van der Waals surface area contributed by atoms with Gasteiger partial charge in [0.25, 0.3) is 0 Å². The molecular formula is C30H25N3O4. The Hall–Kier alpha value is -4.39. The smallest absolute Gasteiger partial charge is 0.347 e. The van der Waals surface area contributed by atoms with Crippen molar-refractivity contribution >= 4 is 11.4 Å². The van der Waals surface area contributed by atoms with Crippen molar-refractivity contribution in [1.82, 2.24) is 13.9 Å². The minimum absolute atomic E-state index is 0.0241. The number of hydrogen-bond donors (Lipinski definition) is 0. The topological polar surface area (TPSA) is 75.2 Å². The van der Waals surface area contributed by atoms with Gasteiger partial charge in [-0.1, -0.05) is 66.7 Å². The van der Waals surface area contributed by atoms with E-state index in [-0.39, 0.29) is 47.6 Å². The fourth-order valence-corrected chi connectivity index (χ4v) is 6.72. The molecule has 0 amide bonds. The highest BCUT2D eigenvalue weighted by molar-refractivity contribution is 6.09. The third-order valence-corrected chi connectivity index (χ3v) is 8.25. The Bertz CT molecular complexity index is 1690. The maximum absolute atomic E-state index is 13.6. The Labute approximate surface area is 212 Å². The number of nitrogens with zero attached hydrogens (tertiary/aromatic N) is 3. The molecule has 0 radical (unpaired) electrons. The number of benzene rings is 3. The number of rotatable bonds is 5. The fourth-order valence-electron chi connectivity index (χ4n) is 6.72. The zero-order valence-electron chi connectivity index (χ0n) is 20.3. The number of ketones is 1. The second-order valence-electron chi connectivity index (χ2n) is 10.0. The van der Waals surface area contributed by atoms with Gasteiger partial charge in [-0.15, -0.1) is 0 Å². The molecule has 0 N–H and O–H groups in total. The summed E-state index contributed by atoms with van der Waals surface area (Å²) in [6.45, 7) is 0.204. The summed E-state index contributed by atoms with van der Waals surface area (Å²) in [6.07, 6.45) is 2.47. The lowest BCUT2D eigenvalue weighted by Gasteiger charge is -2.28. The summed E-state index contributed by atoms with van der Waals surface area (Å²) >= 11 is 0. The third kappa shape index (κ3) is 3.10. The van der Waals surface area contributed by atoms with Gasteiger partial charge in [-0.2, -0.15) is 0 Å². The van der Waals surface area contributed by atoms with Gasteiger partial charge in [0.15, 0.2) is 5.78 Å². The molecule has 184 valence electrons. The molecule has 3 aromatic carbocycles. The lowest BCUT2D eigenvalue weighted by atomic mass is 9.88. The molecule has 7 nitrogen and oxygen atoms in total. The quantitative estimate of drug-likeness (QED) is 0.312. The molecule has 4 atom stereocenters. The minimum Gasteiger partial charge on any atom is -0.497 e. The van der Waals surface area contributed by atoms with Gasteiger partial charge < -0.3 is 4.74 Å². The van der Waals surface area contributed by atoms with Crippen molar-refractivity contribution in [2.45, 2.75) is 31.0 Å². The highest BCUT2D eigenvalue weighted by Crippen LogP contribution is 2.64. The molecule has 0 spiro atoms. The van der Waals surface area contributed by atoms with Crippen LogP contribution in [0.2, 0.25) is 0 Å². The first-order valence-corrected chi connectivity index (χ1v) is 12.5. The van der Waals surface area contributed by atoms with Gasteiger partial charge in [0.2, 0.25) is 0 Å². The molecule has 2 unspecified atom stereocenters. The van der Waals surface area contributed by atoms with Crippen LogP contribution in [0, 0.1) is 5.92 Å². The van der Waals surface area contributed by atoms with Gasteiger partial charge in [-0.05, 0) is 46.9 Å². The van der Waals surface area contributed by atoms with Crippen LogP contribution in [0.5, 0.6) is 5.75 Å². The fraction of sp³-hybridized carbons (Fsp3) is 0.233. The van der Waals surface area contributed by atoms with Crippen molar-refractivity contribution < 1.29 is 9.53 Å². The van der Waals surface area contributed by atoms with Gasteiger partial charge in [-0.25, -0.2) is 23.5 Å². The summed E-state index contributed by atoms with van der Waals surface area (Å²) in [5, 5.41) is 0. The first-order valence-electron chi connectivity index (χ1n) is 12.5. The van der Waals surface area contributed by atoms with E-state index in [0.717, 1.165) is 28.0 Å². The molecule has 1 fully saturated rings. The minimum atomic E-state index is -0.295. The van der Waals surface area contributed by atoms with E-state index >= 15 is 0 Å². The average Bonchev–Trinajstić information content (AvgIpc) is 3.66. The predicted molar refractivity (Wildman–Crippen MR) is 139 cm³/mol. The standard InChI is InChI=1S/C30H25N3O4/c1-37-20-13-11-18(12-14-20)17-31-29(35)32-24-16-25(33(32)30(31)36)28-23(15-26(34)19-7-3-2-4-8-19)21-9-5-6-10-22(21)27(24)28/h2-15,24-25,27-28H,16-17H2,1H3/b23-15+/t24?,25?,27-,28+/m1/s1. The Kier molecular flexibility index (Phi) is 4.76. The van der Waals surface area contributed by atoms with Gasteiger partial charge in [0.05, 0.1) is 25.7 Å². The lowest BCUT2D eigenvalue weighted by molar-refractivity contribution is 0.104. The molecule has 1 aliphatic heterocycles. The van der Waals surface area contributed by atoms with Crippen LogP contribution in [-0.2, 0) is 6.54 Å². The number of carbonyl (C=O) groups excluding carboxylic acids is 1. The molecule has 4 aromatic rings. The zero-order chi connectivity index (χ0) is 25.3. The predicted octanol–water partition coefficient (Wildman–Crippen LogP) is 4.05. The highest BCUT2D eigenvalue weighted by Gasteiger charge is 2.58. The molecule has 2 aliphatic carbocycles. The number of aromatic nitrogens is 3. The van der Waals surface area contributed by atoms with Crippen molar-refractivity contribution in [2.24, 2.45) is 5.92 Å². The molecule has 0 saturated heterocycles. The van der Waals surface area contributed by atoms with Gasteiger partial charge in [0.1, 0.15) is 5.75 Å². The normalized spacial score (nSPS) is 23.6. The lowest BCUT2D eigenvalue weighted by Crippen LogP contribution is -2.34. The molecular weight excluding hydrogens is 466 g/mol. The number of carbonyl (C=O) groups is 1. The Morgan fingerprint density at radius 2 is 1.51 bits per heavy atom. The number of hydrogen-bond acceptors (Lipinski definition) is 4. The maximum Gasteiger partial charge on any atom is 0.347 e. The van der Waals surface area contributed by atoms with Crippen LogP contribution in [0.3, 0.4) is 0 Å². The Balaban J connectivity index is 1.32. The van der Waals surface area contributed by atoms with Crippen LogP contribution < -0.4 is 16.1 Å². The molecule has 2 bridgehead atoms. The molecule has 37 heavy (non-hydrogen) atoms. The number of allylic oxidation sites excluding steroid dienone is 2. The van der Waals surface area contributed by atoms with Crippen LogP contribution in [0.1, 0.15) is 51.5 Å². The third-order valence-electron chi connectivity index (χ3n) is 8.25. The van der Waals surface area contributed by atoms with E-state index < -0.39 is 0 Å². The molecule has 7 rings (SSSR count). The number of ether oxygens (including phenoxy) is 1. The van der Waals surface area contributed by atoms with Crippen LogP contribution >= 0.6 is 0 Å². The monoisotopic (exact) mass is 491 g/mol. The zero-order valence-corrected chi connectivity index (χ0v) is 20.3.